The Kier molecular flexibility index (Phi) is 6.50. The lowest BCUT2D eigenvalue weighted by Gasteiger charge is -2.30. The lowest BCUT2D eigenvalue weighted by molar-refractivity contribution is -0.140. The number of carbonyl (C=O) groups excluding carboxylic acids is 1. The molecule has 28 heavy (non-hydrogen) atoms. The van der Waals surface area contributed by atoms with Crippen LogP contribution in [0.5, 0.6) is 17.2 Å². The monoisotopic (exact) mass is 422 g/mol. The maximum atomic E-state index is 11.2. The highest BCUT2D eigenvalue weighted by Crippen LogP contribution is 2.53. The minimum absolute atomic E-state index is 0.172. The van der Waals surface area contributed by atoms with Crippen LogP contribution in [0.15, 0.2) is 54.6 Å². The number of esters is 1. The highest BCUT2D eigenvalue weighted by atomic mass is 35.5. The Morgan fingerprint density at radius 1 is 1.04 bits per heavy atom. The summed E-state index contributed by atoms with van der Waals surface area (Å²) in [5.74, 6) is 1.35. The summed E-state index contributed by atoms with van der Waals surface area (Å²) in [6.07, 6.45) is 0. The Morgan fingerprint density at radius 3 is 2.54 bits per heavy atom. The normalized spacial score (nSPS) is 13.7. The van der Waals surface area contributed by atoms with E-state index in [0.29, 0.717) is 47.2 Å². The van der Waals surface area contributed by atoms with E-state index in [1.165, 1.54) is 0 Å². The van der Waals surface area contributed by atoms with E-state index < -0.39 is 10.3 Å². The SMILES string of the molecule is C=C(C)C(=O)OCCOCCOc1ccc2c(c1)Oc1ccccc1C2(Cl)Cl. The summed E-state index contributed by atoms with van der Waals surface area (Å²) in [5, 5.41) is 0. The van der Waals surface area contributed by atoms with Crippen molar-refractivity contribution in [3.05, 3.63) is 65.7 Å². The fourth-order valence-corrected chi connectivity index (χ4v) is 3.28. The van der Waals surface area contributed by atoms with E-state index in [9.17, 15) is 4.79 Å². The minimum Gasteiger partial charge on any atom is -0.491 e. The molecule has 0 radical (unpaired) electrons. The quantitative estimate of drug-likeness (QED) is 0.259. The molecule has 0 atom stereocenters. The number of hydrogen-bond acceptors (Lipinski definition) is 5. The van der Waals surface area contributed by atoms with Crippen molar-refractivity contribution < 1.29 is 23.7 Å². The Morgan fingerprint density at radius 2 is 1.75 bits per heavy atom. The van der Waals surface area contributed by atoms with Crippen LogP contribution in [-0.2, 0) is 18.6 Å². The lowest BCUT2D eigenvalue weighted by Crippen LogP contribution is -2.19. The molecule has 1 heterocycles. The van der Waals surface area contributed by atoms with E-state index in [2.05, 4.69) is 6.58 Å². The first-order valence-electron chi connectivity index (χ1n) is 8.72. The van der Waals surface area contributed by atoms with Crippen LogP contribution in [0, 0.1) is 0 Å². The average Bonchev–Trinajstić information content (AvgIpc) is 2.67. The maximum Gasteiger partial charge on any atom is 0.333 e. The number of halogens is 2. The molecule has 0 unspecified atom stereocenters. The number of para-hydroxylation sites is 1. The van der Waals surface area contributed by atoms with Crippen LogP contribution in [0.4, 0.5) is 0 Å². The Balaban J connectivity index is 1.50. The molecule has 0 aliphatic carbocycles. The molecule has 7 heteroatoms. The second-order valence-corrected chi connectivity index (χ2v) is 7.54. The topological polar surface area (TPSA) is 54.0 Å². The molecule has 0 N–H and O–H groups in total. The third kappa shape index (κ3) is 4.61. The molecular formula is C21H20Cl2O5. The van der Waals surface area contributed by atoms with Crippen LogP contribution in [0.1, 0.15) is 18.1 Å². The van der Waals surface area contributed by atoms with Gasteiger partial charge in [0.1, 0.15) is 30.5 Å². The van der Waals surface area contributed by atoms with Crippen molar-refractivity contribution in [3.63, 3.8) is 0 Å². The molecule has 3 rings (SSSR count). The van der Waals surface area contributed by atoms with Crippen LogP contribution in [0.25, 0.3) is 0 Å². The van der Waals surface area contributed by atoms with E-state index in [0.717, 1.165) is 0 Å². The average molecular weight is 423 g/mol. The van der Waals surface area contributed by atoms with Gasteiger partial charge in [-0.3, -0.25) is 0 Å². The Bertz CT molecular complexity index is 879. The first-order chi connectivity index (χ1) is 13.4. The second kappa shape index (κ2) is 8.86. The van der Waals surface area contributed by atoms with Crippen LogP contribution in [-0.4, -0.2) is 32.4 Å². The van der Waals surface area contributed by atoms with Crippen molar-refractivity contribution in [3.8, 4) is 17.2 Å². The molecule has 0 saturated heterocycles. The van der Waals surface area contributed by atoms with Gasteiger partial charge < -0.3 is 18.9 Å². The van der Waals surface area contributed by atoms with Crippen molar-refractivity contribution in [2.75, 3.05) is 26.4 Å². The number of hydrogen-bond donors (Lipinski definition) is 0. The van der Waals surface area contributed by atoms with E-state index >= 15 is 0 Å². The molecule has 0 aromatic heterocycles. The fraction of sp³-hybridized carbons (Fsp3) is 0.286. The molecule has 1 aliphatic rings. The molecule has 5 nitrogen and oxygen atoms in total. The Hall–Kier alpha value is -2.21. The molecule has 0 saturated carbocycles. The van der Waals surface area contributed by atoms with Crippen LogP contribution in [0.3, 0.4) is 0 Å². The molecule has 1 aliphatic heterocycles. The first kappa shape index (κ1) is 20.5. The highest BCUT2D eigenvalue weighted by Gasteiger charge is 2.38. The van der Waals surface area contributed by atoms with Gasteiger partial charge in [0, 0.05) is 22.8 Å². The zero-order chi connectivity index (χ0) is 20.1. The van der Waals surface area contributed by atoms with Crippen molar-refractivity contribution in [2.45, 2.75) is 11.3 Å². The molecule has 0 bridgehead atoms. The molecule has 2 aromatic rings. The third-order valence-electron chi connectivity index (χ3n) is 4.04. The van der Waals surface area contributed by atoms with Crippen LogP contribution >= 0.6 is 23.2 Å². The van der Waals surface area contributed by atoms with Gasteiger partial charge in [-0.05, 0) is 25.1 Å². The smallest absolute Gasteiger partial charge is 0.333 e. The zero-order valence-electron chi connectivity index (χ0n) is 15.4. The van der Waals surface area contributed by atoms with Crippen molar-refractivity contribution in [1.82, 2.24) is 0 Å². The third-order valence-corrected chi connectivity index (χ3v) is 4.86. The predicted octanol–water partition coefficient (Wildman–Crippen LogP) is 4.99. The fourth-order valence-electron chi connectivity index (χ4n) is 2.65. The number of benzene rings is 2. The molecule has 0 spiro atoms. The van der Waals surface area contributed by atoms with Gasteiger partial charge >= 0.3 is 5.97 Å². The number of carbonyl (C=O) groups is 1. The van der Waals surface area contributed by atoms with Crippen molar-refractivity contribution in [2.24, 2.45) is 0 Å². The van der Waals surface area contributed by atoms with Gasteiger partial charge in [0.05, 0.1) is 13.2 Å². The summed E-state index contributed by atoms with van der Waals surface area (Å²) < 4.78 is 20.7. The molecule has 0 fully saturated rings. The summed E-state index contributed by atoms with van der Waals surface area (Å²) in [6, 6.07) is 12.7. The van der Waals surface area contributed by atoms with Crippen molar-refractivity contribution in [1.29, 1.82) is 0 Å². The van der Waals surface area contributed by atoms with Gasteiger partial charge in [0.15, 0.2) is 4.33 Å². The summed E-state index contributed by atoms with van der Waals surface area (Å²) in [4.78, 5) is 11.2. The predicted molar refractivity (Wildman–Crippen MR) is 108 cm³/mol. The van der Waals surface area contributed by atoms with E-state index in [4.69, 9.17) is 42.1 Å². The summed E-state index contributed by atoms with van der Waals surface area (Å²) in [6.45, 7) is 6.24. The van der Waals surface area contributed by atoms with Gasteiger partial charge in [-0.15, -0.1) is 0 Å². The van der Waals surface area contributed by atoms with Gasteiger partial charge in [-0.1, -0.05) is 48.0 Å². The summed E-state index contributed by atoms with van der Waals surface area (Å²) in [5.41, 5.74) is 1.73. The largest absolute Gasteiger partial charge is 0.491 e. The van der Waals surface area contributed by atoms with Crippen molar-refractivity contribution >= 4 is 29.2 Å². The lowest BCUT2D eigenvalue weighted by atomic mass is 9.99. The number of alkyl halides is 2. The van der Waals surface area contributed by atoms with Gasteiger partial charge in [-0.2, -0.15) is 0 Å². The summed E-state index contributed by atoms with van der Waals surface area (Å²) >= 11 is 13.2. The second-order valence-electron chi connectivity index (χ2n) is 6.21. The van der Waals surface area contributed by atoms with E-state index in [1.807, 2.05) is 24.3 Å². The van der Waals surface area contributed by atoms with Gasteiger partial charge in [0.25, 0.3) is 0 Å². The zero-order valence-corrected chi connectivity index (χ0v) is 16.9. The standard InChI is InChI=1S/C21H20Cl2O5/c1-14(2)20(24)27-12-10-25-9-11-26-15-7-8-17-19(13-15)28-18-6-4-3-5-16(18)21(17,22)23/h3-8,13H,1,9-12H2,2H3. The molecule has 2 aromatic carbocycles. The van der Waals surface area contributed by atoms with E-state index in [-0.39, 0.29) is 13.2 Å². The van der Waals surface area contributed by atoms with Crippen LogP contribution in [0.2, 0.25) is 0 Å². The maximum absolute atomic E-state index is 11.2. The van der Waals surface area contributed by atoms with Crippen LogP contribution < -0.4 is 9.47 Å². The number of ether oxygens (including phenoxy) is 4. The van der Waals surface area contributed by atoms with Gasteiger partial charge in [-0.25, -0.2) is 4.79 Å². The van der Waals surface area contributed by atoms with Gasteiger partial charge in [0.2, 0.25) is 0 Å². The van der Waals surface area contributed by atoms with E-state index in [1.54, 1.807) is 25.1 Å². The Labute approximate surface area is 173 Å². The number of fused-ring (bicyclic) bond motifs is 2. The minimum atomic E-state index is -1.19. The highest BCUT2D eigenvalue weighted by molar-refractivity contribution is 6.50. The molecule has 148 valence electrons. The molecule has 0 amide bonds. The molecular weight excluding hydrogens is 403 g/mol. The number of rotatable bonds is 8. The summed E-state index contributed by atoms with van der Waals surface area (Å²) in [7, 11) is 0. The first-order valence-corrected chi connectivity index (χ1v) is 9.48.